The van der Waals surface area contributed by atoms with E-state index in [9.17, 15) is 9.18 Å². The van der Waals surface area contributed by atoms with Gasteiger partial charge in [-0.05, 0) is 42.9 Å². The van der Waals surface area contributed by atoms with Crippen LogP contribution in [0.15, 0.2) is 24.3 Å². The first kappa shape index (κ1) is 16.9. The van der Waals surface area contributed by atoms with Gasteiger partial charge in [0.05, 0.1) is 6.61 Å². The van der Waals surface area contributed by atoms with Crippen molar-refractivity contribution < 1.29 is 13.9 Å². The topological polar surface area (TPSA) is 29.5 Å². The Morgan fingerprint density at radius 1 is 1.36 bits per heavy atom. The van der Waals surface area contributed by atoms with E-state index >= 15 is 0 Å². The van der Waals surface area contributed by atoms with Crippen molar-refractivity contribution in [1.29, 1.82) is 0 Å². The second-order valence-electron chi connectivity index (χ2n) is 6.39. The molecule has 22 heavy (non-hydrogen) atoms. The Bertz CT molecular complexity index is 482. The summed E-state index contributed by atoms with van der Waals surface area (Å²) < 4.78 is 18.7. The minimum atomic E-state index is -0.219. The quantitative estimate of drug-likeness (QED) is 0.751. The van der Waals surface area contributed by atoms with Crippen LogP contribution in [0.1, 0.15) is 38.7 Å². The number of ether oxygens (including phenoxy) is 1. The Morgan fingerprint density at radius 2 is 2.09 bits per heavy atom. The van der Waals surface area contributed by atoms with Crippen molar-refractivity contribution in [1.82, 2.24) is 4.90 Å². The number of halogens is 1. The van der Waals surface area contributed by atoms with Crippen molar-refractivity contribution in [3.8, 4) is 0 Å². The third kappa shape index (κ3) is 5.09. The summed E-state index contributed by atoms with van der Waals surface area (Å²) in [5.41, 5.74) is 0.873. The molecule has 3 nitrogen and oxygen atoms in total. The van der Waals surface area contributed by atoms with Gasteiger partial charge in [0.1, 0.15) is 5.82 Å². The highest BCUT2D eigenvalue weighted by atomic mass is 19.1. The summed E-state index contributed by atoms with van der Waals surface area (Å²) in [6.07, 6.45) is 3.13. The molecule has 1 aromatic carbocycles. The number of benzene rings is 1. The van der Waals surface area contributed by atoms with Gasteiger partial charge in [0.25, 0.3) is 0 Å². The zero-order chi connectivity index (χ0) is 15.9. The van der Waals surface area contributed by atoms with E-state index in [0.717, 1.165) is 37.9 Å². The average molecular weight is 307 g/mol. The van der Waals surface area contributed by atoms with Crippen molar-refractivity contribution in [3.05, 3.63) is 35.6 Å². The molecule has 0 saturated carbocycles. The molecule has 1 heterocycles. The van der Waals surface area contributed by atoms with E-state index in [0.29, 0.717) is 19.1 Å². The molecule has 0 aromatic heterocycles. The van der Waals surface area contributed by atoms with Crippen LogP contribution >= 0.6 is 0 Å². The molecular formula is C18H26FNO2. The molecule has 1 aliphatic rings. The lowest BCUT2D eigenvalue weighted by molar-refractivity contribution is -0.135. The number of carbonyl (C=O) groups excluding carboxylic acids is 1. The Labute approximate surface area is 132 Å². The lowest BCUT2D eigenvalue weighted by Gasteiger charge is -2.33. The summed E-state index contributed by atoms with van der Waals surface area (Å²) in [5.74, 6) is 0.763. The zero-order valence-corrected chi connectivity index (χ0v) is 13.6. The minimum Gasteiger partial charge on any atom is -0.377 e. The highest BCUT2D eigenvalue weighted by Gasteiger charge is 2.23. The predicted octanol–water partition coefficient (Wildman–Crippen LogP) is 3.63. The van der Waals surface area contributed by atoms with Crippen molar-refractivity contribution in [2.75, 3.05) is 19.7 Å². The van der Waals surface area contributed by atoms with Gasteiger partial charge in [0.15, 0.2) is 0 Å². The molecule has 122 valence electrons. The molecule has 1 fully saturated rings. The summed E-state index contributed by atoms with van der Waals surface area (Å²) >= 11 is 0. The van der Waals surface area contributed by atoms with Gasteiger partial charge in [-0.2, -0.15) is 0 Å². The first-order valence-electron chi connectivity index (χ1n) is 8.17. The molecule has 2 rings (SSSR count). The van der Waals surface area contributed by atoms with Crippen LogP contribution in [0.2, 0.25) is 0 Å². The first-order chi connectivity index (χ1) is 10.6. The van der Waals surface area contributed by atoms with Gasteiger partial charge in [0, 0.05) is 25.6 Å². The number of carbonyl (C=O) groups is 1. The fraction of sp³-hybridized carbons (Fsp3) is 0.611. The molecule has 1 aromatic rings. The fourth-order valence-electron chi connectivity index (χ4n) is 2.87. The molecular weight excluding hydrogens is 281 g/mol. The largest absolute Gasteiger partial charge is 0.377 e. The summed E-state index contributed by atoms with van der Waals surface area (Å²) in [6, 6.07) is 6.53. The molecule has 0 bridgehead atoms. The monoisotopic (exact) mass is 307 g/mol. The van der Waals surface area contributed by atoms with E-state index in [2.05, 4.69) is 0 Å². The maximum Gasteiger partial charge on any atom is 0.225 e. The van der Waals surface area contributed by atoms with Gasteiger partial charge >= 0.3 is 0 Å². The van der Waals surface area contributed by atoms with Crippen LogP contribution in [0, 0.1) is 17.7 Å². The molecule has 0 unspecified atom stereocenters. The fourth-order valence-corrected chi connectivity index (χ4v) is 2.87. The van der Waals surface area contributed by atoms with E-state index in [1.807, 2.05) is 24.8 Å². The average Bonchev–Trinajstić information content (AvgIpc) is 2.51. The van der Waals surface area contributed by atoms with Crippen LogP contribution in [-0.4, -0.2) is 30.5 Å². The molecule has 0 spiro atoms. The van der Waals surface area contributed by atoms with Gasteiger partial charge in [0.2, 0.25) is 5.91 Å². The second-order valence-corrected chi connectivity index (χ2v) is 6.39. The second kappa shape index (κ2) is 8.28. The maximum absolute atomic E-state index is 13.0. The van der Waals surface area contributed by atoms with Crippen LogP contribution in [0.4, 0.5) is 4.39 Å². The van der Waals surface area contributed by atoms with E-state index in [1.54, 1.807) is 6.07 Å². The summed E-state index contributed by atoms with van der Waals surface area (Å²) in [7, 11) is 0. The molecule has 1 saturated heterocycles. The minimum absolute atomic E-state index is 0.0890. The van der Waals surface area contributed by atoms with E-state index in [4.69, 9.17) is 4.74 Å². The third-order valence-corrected chi connectivity index (χ3v) is 4.25. The van der Waals surface area contributed by atoms with Gasteiger partial charge in [-0.1, -0.05) is 26.0 Å². The van der Waals surface area contributed by atoms with E-state index in [-0.39, 0.29) is 17.6 Å². The number of rotatable bonds is 6. The number of piperidine rings is 1. The lowest BCUT2D eigenvalue weighted by atomic mass is 9.93. The van der Waals surface area contributed by atoms with Gasteiger partial charge in [-0.15, -0.1) is 0 Å². The Morgan fingerprint density at radius 3 is 2.73 bits per heavy atom. The molecule has 4 heteroatoms. The normalized spacial score (nSPS) is 16.3. The summed E-state index contributed by atoms with van der Waals surface area (Å²) in [4.78, 5) is 13.9. The van der Waals surface area contributed by atoms with Crippen LogP contribution in [-0.2, 0) is 16.1 Å². The van der Waals surface area contributed by atoms with Crippen molar-refractivity contribution in [2.45, 2.75) is 39.7 Å². The van der Waals surface area contributed by atoms with Crippen molar-refractivity contribution in [2.24, 2.45) is 11.8 Å². The Balaban J connectivity index is 1.62. The molecule has 0 aliphatic carbocycles. The zero-order valence-electron chi connectivity index (χ0n) is 13.6. The van der Waals surface area contributed by atoms with Crippen LogP contribution < -0.4 is 0 Å². The lowest BCUT2D eigenvalue weighted by Crippen LogP contribution is -2.40. The Hall–Kier alpha value is -1.42. The number of hydrogen-bond acceptors (Lipinski definition) is 2. The van der Waals surface area contributed by atoms with E-state index in [1.165, 1.54) is 12.1 Å². The van der Waals surface area contributed by atoms with Crippen LogP contribution in [0.5, 0.6) is 0 Å². The molecule has 1 amide bonds. The number of likely N-dealkylation sites (tertiary alicyclic amines) is 1. The summed E-state index contributed by atoms with van der Waals surface area (Å²) in [6.45, 7) is 6.79. The highest BCUT2D eigenvalue weighted by Crippen LogP contribution is 2.21. The number of nitrogens with zero attached hydrogens (tertiary/aromatic N) is 1. The van der Waals surface area contributed by atoms with Gasteiger partial charge in [-0.25, -0.2) is 4.39 Å². The third-order valence-electron chi connectivity index (χ3n) is 4.25. The highest BCUT2D eigenvalue weighted by molar-refractivity contribution is 5.78. The van der Waals surface area contributed by atoms with Gasteiger partial charge < -0.3 is 9.64 Å². The Kier molecular flexibility index (Phi) is 6.37. The molecule has 0 radical (unpaired) electrons. The first-order valence-corrected chi connectivity index (χ1v) is 8.17. The van der Waals surface area contributed by atoms with Crippen molar-refractivity contribution >= 4 is 5.91 Å². The molecule has 1 aliphatic heterocycles. The van der Waals surface area contributed by atoms with Crippen molar-refractivity contribution in [3.63, 3.8) is 0 Å². The number of amides is 1. The smallest absolute Gasteiger partial charge is 0.225 e. The van der Waals surface area contributed by atoms with Gasteiger partial charge in [-0.3, -0.25) is 4.79 Å². The van der Waals surface area contributed by atoms with Crippen LogP contribution in [0.3, 0.4) is 0 Å². The standard InChI is InChI=1S/C18H26FNO2/c1-14(2)18(21)20-9-6-15(7-10-20)8-11-22-13-16-4-3-5-17(19)12-16/h3-5,12,14-15H,6-11,13H2,1-2H3. The molecule has 0 N–H and O–H groups in total. The summed E-state index contributed by atoms with van der Waals surface area (Å²) in [5, 5.41) is 0. The van der Waals surface area contributed by atoms with Crippen LogP contribution in [0.25, 0.3) is 0 Å². The number of hydrogen-bond donors (Lipinski definition) is 0. The molecule has 0 atom stereocenters. The predicted molar refractivity (Wildman–Crippen MR) is 84.8 cm³/mol. The van der Waals surface area contributed by atoms with E-state index < -0.39 is 0 Å². The SMILES string of the molecule is CC(C)C(=O)N1CCC(CCOCc2cccc(F)c2)CC1. The maximum atomic E-state index is 13.0.